The summed E-state index contributed by atoms with van der Waals surface area (Å²) in [6.45, 7) is 4.29. The van der Waals surface area contributed by atoms with Crippen LogP contribution in [-0.2, 0) is 7.05 Å². The zero-order valence-electron chi connectivity index (χ0n) is 8.65. The third-order valence-corrected chi connectivity index (χ3v) is 2.48. The molecule has 2 atom stereocenters. The Kier molecular flexibility index (Phi) is 3.36. The maximum atomic E-state index is 4.02. The molecule has 5 heteroatoms. The molecule has 74 valence electrons. The maximum absolute atomic E-state index is 4.02. The monoisotopic (exact) mass is 183 g/mol. The molecule has 0 amide bonds. The van der Waals surface area contributed by atoms with Gasteiger partial charge in [-0.15, -0.1) is 5.10 Å². The molecule has 0 saturated heterocycles. The Labute approximate surface area is 78.5 Å². The summed E-state index contributed by atoms with van der Waals surface area (Å²) in [5.41, 5.74) is 0. The van der Waals surface area contributed by atoms with Crippen molar-refractivity contribution < 1.29 is 0 Å². The molecule has 0 spiro atoms. The van der Waals surface area contributed by atoms with Crippen LogP contribution in [0.1, 0.15) is 32.0 Å². The van der Waals surface area contributed by atoms with Gasteiger partial charge in [0, 0.05) is 19.0 Å². The highest BCUT2D eigenvalue weighted by atomic mass is 15.5. The standard InChI is InChI=1S/C8H17N5/c1-5-7(6(2)9-3)8-10-11-12-13(8)4/h6-7,9H,5H2,1-4H3. The lowest BCUT2D eigenvalue weighted by molar-refractivity contribution is 0.448. The number of rotatable bonds is 4. The van der Waals surface area contributed by atoms with Crippen molar-refractivity contribution in [3.05, 3.63) is 5.82 Å². The van der Waals surface area contributed by atoms with Crippen LogP contribution in [0.2, 0.25) is 0 Å². The van der Waals surface area contributed by atoms with E-state index in [1.807, 2.05) is 14.1 Å². The molecule has 1 N–H and O–H groups in total. The Morgan fingerprint density at radius 1 is 1.54 bits per heavy atom. The quantitative estimate of drug-likeness (QED) is 0.730. The zero-order valence-corrected chi connectivity index (χ0v) is 8.65. The molecule has 0 bridgehead atoms. The lowest BCUT2D eigenvalue weighted by Crippen LogP contribution is -2.30. The molecule has 0 saturated carbocycles. The van der Waals surface area contributed by atoms with E-state index in [1.54, 1.807) is 4.68 Å². The van der Waals surface area contributed by atoms with Gasteiger partial charge in [0.05, 0.1) is 0 Å². The van der Waals surface area contributed by atoms with Crippen LogP contribution >= 0.6 is 0 Å². The summed E-state index contributed by atoms with van der Waals surface area (Å²) in [5, 5.41) is 14.7. The van der Waals surface area contributed by atoms with Crippen LogP contribution in [0.3, 0.4) is 0 Å². The number of nitrogens with zero attached hydrogens (tertiary/aromatic N) is 4. The second kappa shape index (κ2) is 4.32. The molecular weight excluding hydrogens is 166 g/mol. The normalized spacial score (nSPS) is 15.7. The van der Waals surface area contributed by atoms with E-state index in [4.69, 9.17) is 0 Å². The van der Waals surface area contributed by atoms with Gasteiger partial charge in [-0.3, -0.25) is 0 Å². The highest BCUT2D eigenvalue weighted by molar-refractivity contribution is 4.97. The summed E-state index contributed by atoms with van der Waals surface area (Å²) in [4.78, 5) is 0. The summed E-state index contributed by atoms with van der Waals surface area (Å²) in [6.07, 6.45) is 1.04. The Morgan fingerprint density at radius 2 is 2.23 bits per heavy atom. The first kappa shape index (κ1) is 10.1. The lowest BCUT2D eigenvalue weighted by atomic mass is 9.98. The second-order valence-corrected chi connectivity index (χ2v) is 3.25. The summed E-state index contributed by atoms with van der Waals surface area (Å²) in [5.74, 6) is 1.33. The van der Waals surface area contributed by atoms with Crippen molar-refractivity contribution in [2.24, 2.45) is 7.05 Å². The van der Waals surface area contributed by atoms with Crippen molar-refractivity contribution in [1.29, 1.82) is 0 Å². The van der Waals surface area contributed by atoms with Gasteiger partial charge in [0.15, 0.2) is 5.82 Å². The predicted molar refractivity (Wildman–Crippen MR) is 50.4 cm³/mol. The number of tetrazole rings is 1. The Hall–Kier alpha value is -0.970. The van der Waals surface area contributed by atoms with Crippen LogP contribution in [0, 0.1) is 0 Å². The number of hydrogen-bond acceptors (Lipinski definition) is 4. The first-order valence-electron chi connectivity index (χ1n) is 4.60. The Balaban J connectivity index is 2.84. The van der Waals surface area contributed by atoms with E-state index >= 15 is 0 Å². The molecule has 5 nitrogen and oxygen atoms in total. The van der Waals surface area contributed by atoms with Crippen LogP contribution in [-0.4, -0.2) is 33.3 Å². The van der Waals surface area contributed by atoms with Crippen LogP contribution in [0.15, 0.2) is 0 Å². The zero-order chi connectivity index (χ0) is 9.84. The van der Waals surface area contributed by atoms with Crippen LogP contribution in [0.25, 0.3) is 0 Å². The third-order valence-electron chi connectivity index (χ3n) is 2.48. The summed E-state index contributed by atoms with van der Waals surface area (Å²) >= 11 is 0. The minimum atomic E-state index is 0.380. The van der Waals surface area contributed by atoms with E-state index in [1.165, 1.54) is 0 Å². The average Bonchev–Trinajstić information content (AvgIpc) is 2.53. The number of likely N-dealkylation sites (N-methyl/N-ethyl adjacent to an activating group) is 1. The molecule has 0 aliphatic rings. The average molecular weight is 183 g/mol. The molecule has 0 aromatic carbocycles. The molecule has 0 fully saturated rings. The van der Waals surface area contributed by atoms with E-state index in [2.05, 4.69) is 34.7 Å². The van der Waals surface area contributed by atoms with Gasteiger partial charge in [0.1, 0.15) is 0 Å². The van der Waals surface area contributed by atoms with Gasteiger partial charge in [0.25, 0.3) is 0 Å². The van der Waals surface area contributed by atoms with Crippen molar-refractivity contribution in [3.8, 4) is 0 Å². The van der Waals surface area contributed by atoms with E-state index in [0.29, 0.717) is 12.0 Å². The molecule has 0 aliphatic carbocycles. The van der Waals surface area contributed by atoms with E-state index < -0.39 is 0 Å². The van der Waals surface area contributed by atoms with E-state index in [9.17, 15) is 0 Å². The highest BCUT2D eigenvalue weighted by Crippen LogP contribution is 2.19. The van der Waals surface area contributed by atoms with Crippen LogP contribution < -0.4 is 5.32 Å². The minimum absolute atomic E-state index is 0.380. The number of aryl methyl sites for hydroxylation is 1. The molecule has 1 heterocycles. The van der Waals surface area contributed by atoms with E-state index in [0.717, 1.165) is 12.2 Å². The van der Waals surface area contributed by atoms with Gasteiger partial charge in [-0.2, -0.15) is 0 Å². The van der Waals surface area contributed by atoms with Crippen molar-refractivity contribution in [3.63, 3.8) is 0 Å². The topological polar surface area (TPSA) is 55.6 Å². The van der Waals surface area contributed by atoms with Crippen LogP contribution in [0.4, 0.5) is 0 Å². The Morgan fingerprint density at radius 3 is 2.62 bits per heavy atom. The first-order valence-corrected chi connectivity index (χ1v) is 4.60. The van der Waals surface area contributed by atoms with Crippen molar-refractivity contribution in [2.45, 2.75) is 32.2 Å². The van der Waals surface area contributed by atoms with Gasteiger partial charge < -0.3 is 5.32 Å². The lowest BCUT2D eigenvalue weighted by Gasteiger charge is -2.20. The molecule has 1 aromatic heterocycles. The Bertz CT molecular complexity index is 257. The highest BCUT2D eigenvalue weighted by Gasteiger charge is 2.20. The summed E-state index contributed by atoms with van der Waals surface area (Å²) < 4.78 is 1.74. The third kappa shape index (κ3) is 2.03. The smallest absolute Gasteiger partial charge is 0.155 e. The number of hydrogen-bond donors (Lipinski definition) is 1. The van der Waals surface area contributed by atoms with Gasteiger partial charge in [-0.25, -0.2) is 4.68 Å². The van der Waals surface area contributed by atoms with Gasteiger partial charge in [-0.05, 0) is 30.8 Å². The fourth-order valence-corrected chi connectivity index (χ4v) is 1.51. The van der Waals surface area contributed by atoms with Crippen molar-refractivity contribution in [1.82, 2.24) is 25.5 Å². The molecule has 1 aromatic rings. The maximum Gasteiger partial charge on any atom is 0.155 e. The second-order valence-electron chi connectivity index (χ2n) is 3.25. The molecule has 1 rings (SSSR count). The van der Waals surface area contributed by atoms with Gasteiger partial charge >= 0.3 is 0 Å². The predicted octanol–water partition coefficient (Wildman–Crippen LogP) is 0.312. The largest absolute Gasteiger partial charge is 0.317 e. The molecule has 0 radical (unpaired) electrons. The number of aromatic nitrogens is 4. The molecule has 0 aliphatic heterocycles. The first-order chi connectivity index (χ1) is 6.20. The molecular formula is C8H17N5. The van der Waals surface area contributed by atoms with Crippen LogP contribution in [0.5, 0.6) is 0 Å². The molecule has 2 unspecified atom stereocenters. The van der Waals surface area contributed by atoms with Crippen molar-refractivity contribution in [2.75, 3.05) is 7.05 Å². The molecule has 13 heavy (non-hydrogen) atoms. The number of nitrogens with one attached hydrogen (secondary N) is 1. The van der Waals surface area contributed by atoms with E-state index in [-0.39, 0.29) is 0 Å². The van der Waals surface area contributed by atoms with Gasteiger partial charge in [-0.1, -0.05) is 6.92 Å². The minimum Gasteiger partial charge on any atom is -0.317 e. The summed E-state index contributed by atoms with van der Waals surface area (Å²) in [7, 11) is 3.83. The fraction of sp³-hybridized carbons (Fsp3) is 0.875. The summed E-state index contributed by atoms with van der Waals surface area (Å²) in [6, 6.07) is 0.398. The fourth-order valence-electron chi connectivity index (χ4n) is 1.51. The van der Waals surface area contributed by atoms with Gasteiger partial charge in [0.2, 0.25) is 0 Å². The van der Waals surface area contributed by atoms with Crippen molar-refractivity contribution >= 4 is 0 Å². The SMILES string of the molecule is CCC(c1nnnn1C)C(C)NC.